The van der Waals surface area contributed by atoms with Crippen molar-refractivity contribution in [2.24, 2.45) is 0 Å². The summed E-state index contributed by atoms with van der Waals surface area (Å²) in [7, 11) is -2.74. The number of anilines is 2. The maximum Gasteiger partial charge on any atom is 0.338 e. The van der Waals surface area contributed by atoms with Crippen LogP contribution in [0.25, 0.3) is 0 Å². The fourth-order valence-corrected chi connectivity index (χ4v) is 4.87. The minimum absolute atomic E-state index is 0.0907. The lowest BCUT2D eigenvalue weighted by molar-refractivity contribution is -0.114. The monoisotopic (exact) mass is 480 g/mol. The van der Waals surface area contributed by atoms with Crippen LogP contribution in [0.1, 0.15) is 32.6 Å². The van der Waals surface area contributed by atoms with Crippen molar-refractivity contribution in [3.63, 3.8) is 0 Å². The molecular formula is C26H28N2O5S. The van der Waals surface area contributed by atoms with Crippen LogP contribution in [0, 0.1) is 27.7 Å². The number of nitrogens with one attached hydrogen (secondary N) is 1. The van der Waals surface area contributed by atoms with E-state index in [1.54, 1.807) is 49.4 Å². The molecule has 0 atom stereocenters. The third-order valence-electron chi connectivity index (χ3n) is 5.69. The van der Waals surface area contributed by atoms with Crippen LogP contribution in [-0.4, -0.2) is 33.9 Å². The van der Waals surface area contributed by atoms with Crippen molar-refractivity contribution in [3.8, 4) is 0 Å². The average molecular weight is 481 g/mol. The Hall–Kier alpha value is -3.65. The molecule has 0 aliphatic heterocycles. The van der Waals surface area contributed by atoms with Crippen molar-refractivity contribution < 1.29 is 22.7 Å². The summed E-state index contributed by atoms with van der Waals surface area (Å²) in [5, 5.41) is 2.74. The Labute approximate surface area is 200 Å². The van der Waals surface area contributed by atoms with Crippen molar-refractivity contribution in [2.45, 2.75) is 32.6 Å². The molecule has 0 fully saturated rings. The van der Waals surface area contributed by atoms with Gasteiger partial charge in [0.1, 0.15) is 6.54 Å². The first-order valence-electron chi connectivity index (χ1n) is 10.7. The first kappa shape index (κ1) is 25.0. The topological polar surface area (TPSA) is 92.8 Å². The average Bonchev–Trinajstić information content (AvgIpc) is 2.80. The maximum atomic E-state index is 13.6. The van der Waals surface area contributed by atoms with E-state index in [-0.39, 0.29) is 4.90 Å². The lowest BCUT2D eigenvalue weighted by Gasteiger charge is -2.25. The van der Waals surface area contributed by atoms with Gasteiger partial charge in [0.2, 0.25) is 5.91 Å². The SMILES string of the molecule is COC(=O)c1cccc(NC(=O)CN(c2ccc(C)c(C)c2)S(=O)(=O)c2ccc(C)cc2)c1C. The Kier molecular flexibility index (Phi) is 7.41. The van der Waals surface area contributed by atoms with Crippen LogP contribution in [0.4, 0.5) is 11.4 Å². The highest BCUT2D eigenvalue weighted by molar-refractivity contribution is 7.92. The van der Waals surface area contributed by atoms with Crippen molar-refractivity contribution >= 4 is 33.3 Å². The fraction of sp³-hybridized carbons (Fsp3) is 0.231. The highest BCUT2D eigenvalue weighted by atomic mass is 32.2. The number of hydrogen-bond donors (Lipinski definition) is 1. The van der Waals surface area contributed by atoms with Crippen molar-refractivity contribution in [3.05, 3.63) is 88.5 Å². The fourth-order valence-electron chi connectivity index (χ4n) is 3.46. The van der Waals surface area contributed by atoms with Gasteiger partial charge in [-0.3, -0.25) is 9.10 Å². The number of carbonyl (C=O) groups is 2. The molecule has 3 aromatic carbocycles. The van der Waals surface area contributed by atoms with Gasteiger partial charge in [-0.05, 0) is 80.8 Å². The molecular weight excluding hydrogens is 452 g/mol. The predicted molar refractivity (Wildman–Crippen MR) is 133 cm³/mol. The van der Waals surface area contributed by atoms with E-state index in [1.807, 2.05) is 26.8 Å². The molecule has 1 N–H and O–H groups in total. The highest BCUT2D eigenvalue weighted by Crippen LogP contribution is 2.27. The lowest BCUT2D eigenvalue weighted by atomic mass is 10.1. The van der Waals surface area contributed by atoms with Gasteiger partial charge in [-0.2, -0.15) is 0 Å². The minimum Gasteiger partial charge on any atom is -0.465 e. The molecule has 0 saturated heterocycles. The summed E-state index contributed by atoms with van der Waals surface area (Å²) < 4.78 is 33.0. The number of esters is 1. The van der Waals surface area contributed by atoms with Crippen LogP contribution >= 0.6 is 0 Å². The zero-order valence-electron chi connectivity index (χ0n) is 19.9. The van der Waals surface area contributed by atoms with E-state index in [0.29, 0.717) is 22.5 Å². The van der Waals surface area contributed by atoms with Crippen LogP contribution < -0.4 is 9.62 Å². The molecule has 7 nitrogen and oxygen atoms in total. The van der Waals surface area contributed by atoms with Crippen LogP contribution in [0.5, 0.6) is 0 Å². The summed E-state index contributed by atoms with van der Waals surface area (Å²) in [6, 6.07) is 16.6. The quantitative estimate of drug-likeness (QED) is 0.501. The van der Waals surface area contributed by atoms with Crippen molar-refractivity contribution in [2.75, 3.05) is 23.3 Å². The smallest absolute Gasteiger partial charge is 0.338 e. The van der Waals surface area contributed by atoms with Gasteiger partial charge in [0.25, 0.3) is 10.0 Å². The molecule has 0 aromatic heterocycles. The number of rotatable bonds is 7. The predicted octanol–water partition coefficient (Wildman–Crippen LogP) is 4.54. The summed E-state index contributed by atoms with van der Waals surface area (Å²) in [5.74, 6) is -1.06. The molecule has 8 heteroatoms. The van der Waals surface area contributed by atoms with Gasteiger partial charge in [0.05, 0.1) is 23.3 Å². The van der Waals surface area contributed by atoms with Gasteiger partial charge < -0.3 is 10.1 Å². The number of sulfonamides is 1. The number of hydrogen-bond acceptors (Lipinski definition) is 5. The van der Waals surface area contributed by atoms with Crippen LogP contribution in [0.3, 0.4) is 0 Å². The molecule has 0 saturated carbocycles. The minimum atomic E-state index is -4.03. The summed E-state index contributed by atoms with van der Waals surface area (Å²) in [6.07, 6.45) is 0. The second kappa shape index (κ2) is 10.1. The molecule has 178 valence electrons. The summed E-state index contributed by atoms with van der Waals surface area (Å²) in [6.45, 7) is 6.93. The Balaban J connectivity index is 1.98. The normalized spacial score (nSPS) is 11.1. The molecule has 34 heavy (non-hydrogen) atoms. The molecule has 0 radical (unpaired) electrons. The zero-order chi connectivity index (χ0) is 25.0. The summed E-state index contributed by atoms with van der Waals surface area (Å²) >= 11 is 0. The van der Waals surface area contributed by atoms with E-state index in [2.05, 4.69) is 5.32 Å². The van der Waals surface area contributed by atoms with Crippen molar-refractivity contribution in [1.29, 1.82) is 0 Å². The van der Waals surface area contributed by atoms with Crippen molar-refractivity contribution in [1.82, 2.24) is 0 Å². The van der Waals surface area contributed by atoms with E-state index in [1.165, 1.54) is 19.2 Å². The van der Waals surface area contributed by atoms with Gasteiger partial charge in [0, 0.05) is 5.69 Å². The van der Waals surface area contributed by atoms with E-state index >= 15 is 0 Å². The Morgan fingerprint density at radius 1 is 0.912 bits per heavy atom. The molecule has 0 aliphatic carbocycles. The molecule has 1 amide bonds. The third kappa shape index (κ3) is 5.28. The van der Waals surface area contributed by atoms with E-state index in [4.69, 9.17) is 4.74 Å². The number of benzene rings is 3. The lowest BCUT2D eigenvalue weighted by Crippen LogP contribution is -2.38. The van der Waals surface area contributed by atoms with Crippen LogP contribution in [-0.2, 0) is 19.6 Å². The molecule has 0 spiro atoms. The summed E-state index contributed by atoms with van der Waals surface area (Å²) in [4.78, 5) is 25.1. The number of ether oxygens (including phenoxy) is 1. The molecule has 3 rings (SSSR count). The number of amides is 1. The molecule has 0 unspecified atom stereocenters. The zero-order valence-corrected chi connectivity index (χ0v) is 20.7. The molecule has 3 aromatic rings. The first-order valence-corrected chi connectivity index (χ1v) is 12.1. The Morgan fingerprint density at radius 3 is 2.21 bits per heavy atom. The molecule has 0 aliphatic rings. The van der Waals surface area contributed by atoms with Gasteiger partial charge in [-0.1, -0.05) is 29.8 Å². The molecule has 0 heterocycles. The number of nitrogens with zero attached hydrogens (tertiary/aromatic N) is 1. The van der Waals surface area contributed by atoms with E-state index in [9.17, 15) is 18.0 Å². The van der Waals surface area contributed by atoms with Gasteiger partial charge in [0.15, 0.2) is 0 Å². The summed E-state index contributed by atoms with van der Waals surface area (Å²) in [5.41, 5.74) is 4.48. The largest absolute Gasteiger partial charge is 0.465 e. The maximum absolute atomic E-state index is 13.6. The third-order valence-corrected chi connectivity index (χ3v) is 7.48. The Bertz CT molecular complexity index is 1330. The number of methoxy groups -OCH3 is 1. The van der Waals surface area contributed by atoms with Gasteiger partial charge in [-0.25, -0.2) is 13.2 Å². The van der Waals surface area contributed by atoms with Gasteiger partial charge >= 0.3 is 5.97 Å². The molecule has 0 bridgehead atoms. The van der Waals surface area contributed by atoms with E-state index < -0.39 is 28.4 Å². The second-order valence-electron chi connectivity index (χ2n) is 8.11. The van der Waals surface area contributed by atoms with E-state index in [0.717, 1.165) is 21.0 Å². The van der Waals surface area contributed by atoms with Crippen LogP contribution in [0.15, 0.2) is 65.6 Å². The van der Waals surface area contributed by atoms with Crippen LogP contribution in [0.2, 0.25) is 0 Å². The first-order chi connectivity index (χ1) is 16.0. The Morgan fingerprint density at radius 2 is 1.59 bits per heavy atom. The highest BCUT2D eigenvalue weighted by Gasteiger charge is 2.28. The van der Waals surface area contributed by atoms with Gasteiger partial charge in [-0.15, -0.1) is 0 Å². The second-order valence-corrected chi connectivity index (χ2v) is 9.97. The number of carbonyl (C=O) groups excluding carboxylic acids is 2. The number of aryl methyl sites for hydroxylation is 3. The standard InChI is InChI=1S/C26H28N2O5S/c1-17-9-13-22(14-10-17)34(31,32)28(21-12-11-18(2)19(3)15-21)16-25(29)27-24-8-6-7-23(20(24)4)26(30)33-5/h6-15H,16H2,1-5H3,(H,27,29).